The largest absolute Gasteiger partial charge is 0.452 e. The molecule has 0 aromatic heterocycles. The molecule has 1 amide bonds. The highest BCUT2D eigenvalue weighted by atomic mass is 16.5. The lowest BCUT2D eigenvalue weighted by Crippen LogP contribution is -2.34. The molecule has 0 unspecified atom stereocenters. The molecule has 0 radical (unpaired) electrons. The number of ether oxygens (including phenoxy) is 1. The average Bonchev–Trinajstić information content (AvgIpc) is 2.64. The van der Waals surface area contributed by atoms with Crippen molar-refractivity contribution in [3.05, 3.63) is 71.3 Å². The Kier molecular flexibility index (Phi) is 6.09. The van der Waals surface area contributed by atoms with E-state index in [0.717, 1.165) is 5.56 Å². The Labute approximate surface area is 141 Å². The van der Waals surface area contributed by atoms with Gasteiger partial charge in [0.15, 0.2) is 6.61 Å². The SMILES string of the molecule is CCN(Cc1ccccc1)C(=O)COC(=O)c1cccc(C#N)c1. The van der Waals surface area contributed by atoms with Crippen LogP contribution in [0.2, 0.25) is 0 Å². The van der Waals surface area contributed by atoms with Gasteiger partial charge in [-0.1, -0.05) is 36.4 Å². The van der Waals surface area contributed by atoms with Crippen molar-refractivity contribution >= 4 is 11.9 Å². The number of nitriles is 1. The molecule has 0 saturated carbocycles. The quantitative estimate of drug-likeness (QED) is 0.767. The minimum atomic E-state index is -0.615. The number of carbonyl (C=O) groups is 2. The lowest BCUT2D eigenvalue weighted by Gasteiger charge is -2.20. The first-order valence-electron chi connectivity index (χ1n) is 7.63. The van der Waals surface area contributed by atoms with E-state index in [1.165, 1.54) is 6.07 Å². The maximum atomic E-state index is 12.2. The molecule has 2 aromatic carbocycles. The highest BCUT2D eigenvalue weighted by Gasteiger charge is 2.15. The molecule has 0 atom stereocenters. The van der Waals surface area contributed by atoms with E-state index in [4.69, 9.17) is 10.00 Å². The average molecular weight is 322 g/mol. The van der Waals surface area contributed by atoms with Crippen LogP contribution in [0.4, 0.5) is 0 Å². The third kappa shape index (κ3) is 4.68. The van der Waals surface area contributed by atoms with Crippen LogP contribution in [0.25, 0.3) is 0 Å². The van der Waals surface area contributed by atoms with Gasteiger partial charge in [0.1, 0.15) is 0 Å². The summed E-state index contributed by atoms with van der Waals surface area (Å²) >= 11 is 0. The zero-order valence-electron chi connectivity index (χ0n) is 13.4. The van der Waals surface area contributed by atoms with Crippen molar-refractivity contribution in [2.24, 2.45) is 0 Å². The Balaban J connectivity index is 1.93. The van der Waals surface area contributed by atoms with Crippen molar-refractivity contribution in [1.29, 1.82) is 5.26 Å². The van der Waals surface area contributed by atoms with Crippen LogP contribution >= 0.6 is 0 Å². The molecule has 24 heavy (non-hydrogen) atoms. The van der Waals surface area contributed by atoms with Gasteiger partial charge >= 0.3 is 5.97 Å². The fourth-order valence-electron chi connectivity index (χ4n) is 2.20. The van der Waals surface area contributed by atoms with E-state index < -0.39 is 5.97 Å². The fraction of sp³-hybridized carbons (Fsp3) is 0.211. The lowest BCUT2D eigenvalue weighted by molar-refractivity contribution is -0.134. The predicted molar refractivity (Wildman–Crippen MR) is 89.0 cm³/mol. The summed E-state index contributed by atoms with van der Waals surface area (Å²) in [5, 5.41) is 8.84. The van der Waals surface area contributed by atoms with E-state index in [9.17, 15) is 9.59 Å². The Morgan fingerprint density at radius 2 is 1.88 bits per heavy atom. The molecule has 0 bridgehead atoms. The van der Waals surface area contributed by atoms with Crippen molar-refractivity contribution in [2.75, 3.05) is 13.2 Å². The second-order valence-electron chi connectivity index (χ2n) is 5.16. The maximum absolute atomic E-state index is 12.2. The first-order chi connectivity index (χ1) is 11.6. The Morgan fingerprint density at radius 1 is 1.12 bits per heavy atom. The number of amides is 1. The van der Waals surface area contributed by atoms with Crippen LogP contribution in [0.3, 0.4) is 0 Å². The van der Waals surface area contributed by atoms with Gasteiger partial charge in [0, 0.05) is 13.1 Å². The normalized spacial score (nSPS) is 9.83. The molecule has 122 valence electrons. The van der Waals surface area contributed by atoms with Crippen LogP contribution in [0.15, 0.2) is 54.6 Å². The van der Waals surface area contributed by atoms with Gasteiger partial charge in [0.25, 0.3) is 5.91 Å². The molecule has 0 N–H and O–H groups in total. The molecule has 0 aliphatic rings. The zero-order valence-corrected chi connectivity index (χ0v) is 13.4. The van der Waals surface area contributed by atoms with Crippen LogP contribution in [-0.4, -0.2) is 29.9 Å². The number of carbonyl (C=O) groups excluding carboxylic acids is 2. The van der Waals surface area contributed by atoms with Crippen LogP contribution in [0.5, 0.6) is 0 Å². The third-order valence-corrected chi connectivity index (χ3v) is 3.50. The smallest absolute Gasteiger partial charge is 0.338 e. The molecule has 0 saturated heterocycles. The van der Waals surface area contributed by atoms with E-state index in [1.54, 1.807) is 23.1 Å². The van der Waals surface area contributed by atoms with Crippen molar-refractivity contribution in [3.8, 4) is 6.07 Å². The van der Waals surface area contributed by atoms with Gasteiger partial charge in [-0.2, -0.15) is 5.26 Å². The summed E-state index contributed by atoms with van der Waals surface area (Å²) in [6, 6.07) is 17.8. The van der Waals surface area contributed by atoms with E-state index in [-0.39, 0.29) is 18.1 Å². The van der Waals surface area contributed by atoms with Gasteiger partial charge in [-0.05, 0) is 30.7 Å². The summed E-state index contributed by atoms with van der Waals surface area (Å²) < 4.78 is 5.07. The minimum absolute atomic E-state index is 0.257. The molecule has 2 aromatic rings. The zero-order chi connectivity index (χ0) is 17.4. The van der Waals surface area contributed by atoms with Crippen molar-refractivity contribution in [1.82, 2.24) is 4.90 Å². The number of hydrogen-bond acceptors (Lipinski definition) is 4. The molecular weight excluding hydrogens is 304 g/mol. The first kappa shape index (κ1) is 17.2. The van der Waals surface area contributed by atoms with Gasteiger partial charge in [0.2, 0.25) is 0 Å². The predicted octanol–water partition coefficient (Wildman–Crippen LogP) is 2.76. The molecule has 0 aliphatic carbocycles. The van der Waals surface area contributed by atoms with E-state index >= 15 is 0 Å². The van der Waals surface area contributed by atoms with Gasteiger partial charge in [-0.15, -0.1) is 0 Å². The molecule has 0 aliphatic heterocycles. The Morgan fingerprint density at radius 3 is 2.54 bits per heavy atom. The first-order valence-corrected chi connectivity index (χ1v) is 7.63. The van der Waals surface area contributed by atoms with E-state index in [0.29, 0.717) is 18.7 Å². The molecule has 0 fully saturated rings. The number of hydrogen-bond donors (Lipinski definition) is 0. The van der Waals surface area contributed by atoms with Crippen molar-refractivity contribution < 1.29 is 14.3 Å². The summed E-state index contributed by atoms with van der Waals surface area (Å²) in [5.74, 6) is -0.873. The molecule has 2 rings (SSSR count). The maximum Gasteiger partial charge on any atom is 0.338 e. The lowest BCUT2D eigenvalue weighted by atomic mass is 10.1. The van der Waals surface area contributed by atoms with Crippen molar-refractivity contribution in [3.63, 3.8) is 0 Å². The van der Waals surface area contributed by atoms with E-state index in [1.807, 2.05) is 43.3 Å². The second kappa shape index (κ2) is 8.49. The highest BCUT2D eigenvalue weighted by Crippen LogP contribution is 2.08. The number of nitrogens with zero attached hydrogens (tertiary/aromatic N) is 2. The number of esters is 1. The topological polar surface area (TPSA) is 70.4 Å². The molecular formula is C19H18N2O3. The number of rotatable bonds is 6. The van der Waals surface area contributed by atoms with Crippen molar-refractivity contribution in [2.45, 2.75) is 13.5 Å². The van der Waals surface area contributed by atoms with Crippen LogP contribution in [0, 0.1) is 11.3 Å². The summed E-state index contributed by atoms with van der Waals surface area (Å²) in [7, 11) is 0. The van der Waals surface area contributed by atoms with Crippen LogP contribution < -0.4 is 0 Å². The third-order valence-electron chi connectivity index (χ3n) is 3.50. The summed E-state index contributed by atoms with van der Waals surface area (Å²) in [6.07, 6.45) is 0. The molecule has 5 nitrogen and oxygen atoms in total. The van der Waals surface area contributed by atoms with E-state index in [2.05, 4.69) is 0 Å². The standard InChI is InChI=1S/C19H18N2O3/c1-2-21(13-15-7-4-3-5-8-15)18(22)14-24-19(23)17-10-6-9-16(11-17)12-20/h3-11H,2,13-14H2,1H3. The molecule has 5 heteroatoms. The number of benzene rings is 2. The van der Waals surface area contributed by atoms with Gasteiger partial charge in [0.05, 0.1) is 17.2 Å². The second-order valence-corrected chi connectivity index (χ2v) is 5.16. The highest BCUT2D eigenvalue weighted by molar-refractivity contribution is 5.91. The van der Waals surface area contributed by atoms with Gasteiger partial charge < -0.3 is 9.64 Å². The van der Waals surface area contributed by atoms with Crippen LogP contribution in [-0.2, 0) is 16.1 Å². The summed E-state index contributed by atoms with van der Waals surface area (Å²) in [4.78, 5) is 25.8. The fourth-order valence-corrected chi connectivity index (χ4v) is 2.20. The summed E-state index contributed by atoms with van der Waals surface area (Å²) in [6.45, 7) is 2.54. The Hall–Kier alpha value is -3.13. The summed E-state index contributed by atoms with van der Waals surface area (Å²) in [5.41, 5.74) is 1.64. The molecule has 0 spiro atoms. The van der Waals surface area contributed by atoms with Gasteiger partial charge in [-0.3, -0.25) is 4.79 Å². The number of likely N-dealkylation sites (N-methyl/N-ethyl adjacent to an activating group) is 1. The molecule has 0 heterocycles. The Bertz CT molecular complexity index is 751. The van der Waals surface area contributed by atoms with Crippen LogP contribution in [0.1, 0.15) is 28.4 Å². The van der Waals surface area contributed by atoms with Gasteiger partial charge in [-0.25, -0.2) is 4.79 Å². The minimum Gasteiger partial charge on any atom is -0.452 e. The monoisotopic (exact) mass is 322 g/mol.